The minimum absolute atomic E-state index is 0.244. The Morgan fingerprint density at radius 1 is 1.12 bits per heavy atom. The summed E-state index contributed by atoms with van der Waals surface area (Å²) < 4.78 is 16.0. The molecule has 24 heavy (non-hydrogen) atoms. The number of carbonyl (C=O) groups excluding carboxylic acids is 1. The number of carbonyl (C=O) groups is 1. The van der Waals surface area contributed by atoms with Crippen molar-refractivity contribution in [1.82, 2.24) is 4.57 Å². The van der Waals surface area contributed by atoms with E-state index < -0.39 is 0 Å². The van der Waals surface area contributed by atoms with Crippen LogP contribution in [0.4, 0.5) is 4.39 Å². The lowest BCUT2D eigenvalue weighted by Gasteiger charge is -2.15. The Bertz CT molecular complexity index is 1020. The van der Waals surface area contributed by atoms with Crippen molar-refractivity contribution < 1.29 is 9.18 Å². The minimum atomic E-state index is -0.281. The predicted molar refractivity (Wildman–Crippen MR) is 93.7 cm³/mol. The number of amides is 1. The van der Waals surface area contributed by atoms with Gasteiger partial charge in [-0.1, -0.05) is 17.4 Å². The molecule has 0 radical (unpaired) electrons. The average molecular weight is 340 g/mol. The monoisotopic (exact) mass is 340 g/mol. The normalized spacial score (nSPS) is 14.8. The van der Waals surface area contributed by atoms with E-state index >= 15 is 0 Å². The molecule has 0 fully saturated rings. The topological polar surface area (TPSA) is 34.4 Å². The number of thiazole rings is 1. The van der Waals surface area contributed by atoms with E-state index in [1.165, 1.54) is 47.4 Å². The number of hydrogen-bond acceptors (Lipinski definition) is 2. The van der Waals surface area contributed by atoms with Crippen LogP contribution in [0.25, 0.3) is 10.2 Å². The maximum Gasteiger partial charge on any atom is 0.279 e. The fourth-order valence-electron chi connectivity index (χ4n) is 3.23. The van der Waals surface area contributed by atoms with E-state index in [1.54, 1.807) is 6.07 Å². The number of aryl methyl sites for hydroxylation is 3. The Morgan fingerprint density at radius 2 is 1.92 bits per heavy atom. The molecule has 0 bridgehead atoms. The van der Waals surface area contributed by atoms with E-state index in [-0.39, 0.29) is 11.7 Å². The molecule has 0 spiro atoms. The Hall–Kier alpha value is -2.27. The standard InChI is InChI=1S/C19H17FN2OS/c1-22-16-9-8-15(20)11-17(16)24-19(22)21-18(23)14-7-6-12-4-2-3-5-13(12)10-14/h6-11H,2-5H2,1H3. The molecule has 0 N–H and O–H groups in total. The first-order valence-corrected chi connectivity index (χ1v) is 8.89. The maximum absolute atomic E-state index is 13.4. The first kappa shape index (κ1) is 15.3. The molecule has 1 aliphatic rings. The molecule has 0 saturated carbocycles. The van der Waals surface area contributed by atoms with Crippen molar-refractivity contribution in [2.75, 3.05) is 0 Å². The highest BCUT2D eigenvalue weighted by molar-refractivity contribution is 7.16. The van der Waals surface area contributed by atoms with Crippen LogP contribution in [-0.4, -0.2) is 10.5 Å². The van der Waals surface area contributed by atoms with E-state index in [0.717, 1.165) is 23.1 Å². The Kier molecular flexibility index (Phi) is 3.81. The van der Waals surface area contributed by atoms with Crippen LogP contribution in [0.15, 0.2) is 41.4 Å². The van der Waals surface area contributed by atoms with Crippen molar-refractivity contribution in [3.8, 4) is 0 Å². The number of fused-ring (bicyclic) bond motifs is 2. The van der Waals surface area contributed by atoms with Crippen LogP contribution >= 0.6 is 11.3 Å². The number of aromatic nitrogens is 1. The molecular weight excluding hydrogens is 323 g/mol. The molecule has 1 aliphatic carbocycles. The molecule has 5 heteroatoms. The van der Waals surface area contributed by atoms with Crippen LogP contribution in [0, 0.1) is 5.82 Å². The summed E-state index contributed by atoms with van der Waals surface area (Å²) in [5, 5.41) is 0. The second kappa shape index (κ2) is 5.98. The molecule has 1 heterocycles. The Balaban J connectivity index is 1.75. The third-order valence-electron chi connectivity index (χ3n) is 4.56. The van der Waals surface area contributed by atoms with Crippen LogP contribution in [-0.2, 0) is 19.9 Å². The summed E-state index contributed by atoms with van der Waals surface area (Å²) in [6, 6.07) is 10.5. The van der Waals surface area contributed by atoms with Gasteiger partial charge >= 0.3 is 0 Å². The summed E-state index contributed by atoms with van der Waals surface area (Å²) in [5.74, 6) is -0.525. The van der Waals surface area contributed by atoms with Gasteiger partial charge in [0.05, 0.1) is 10.2 Å². The van der Waals surface area contributed by atoms with Crippen molar-refractivity contribution >= 4 is 27.5 Å². The number of nitrogens with zero attached hydrogens (tertiary/aromatic N) is 2. The first-order chi connectivity index (χ1) is 11.6. The predicted octanol–water partition coefficient (Wildman–Crippen LogP) is 4.00. The maximum atomic E-state index is 13.4. The van der Waals surface area contributed by atoms with Crippen molar-refractivity contribution in [1.29, 1.82) is 0 Å². The Morgan fingerprint density at radius 3 is 2.75 bits per heavy atom. The van der Waals surface area contributed by atoms with Gasteiger partial charge in [0.2, 0.25) is 0 Å². The summed E-state index contributed by atoms with van der Waals surface area (Å²) in [7, 11) is 1.84. The summed E-state index contributed by atoms with van der Waals surface area (Å²) in [5.41, 5.74) is 4.11. The number of halogens is 1. The third kappa shape index (κ3) is 2.69. The lowest BCUT2D eigenvalue weighted by Crippen LogP contribution is -2.13. The average Bonchev–Trinajstić information content (AvgIpc) is 2.89. The van der Waals surface area contributed by atoms with E-state index in [2.05, 4.69) is 11.1 Å². The van der Waals surface area contributed by atoms with Crippen LogP contribution in [0.5, 0.6) is 0 Å². The molecule has 1 aromatic heterocycles. The quantitative estimate of drug-likeness (QED) is 0.659. The smallest absolute Gasteiger partial charge is 0.279 e. The van der Waals surface area contributed by atoms with Gasteiger partial charge in [-0.05, 0) is 67.1 Å². The molecule has 3 aromatic rings. The third-order valence-corrected chi connectivity index (χ3v) is 5.66. The van der Waals surface area contributed by atoms with E-state index in [0.29, 0.717) is 10.4 Å². The van der Waals surface area contributed by atoms with Crippen molar-refractivity contribution in [3.05, 3.63) is 63.7 Å². The van der Waals surface area contributed by atoms with Gasteiger partial charge in [-0.15, -0.1) is 0 Å². The highest BCUT2D eigenvalue weighted by atomic mass is 32.1. The minimum Gasteiger partial charge on any atom is -0.319 e. The molecule has 1 amide bonds. The van der Waals surface area contributed by atoms with Crippen molar-refractivity contribution in [2.45, 2.75) is 25.7 Å². The molecule has 3 nitrogen and oxygen atoms in total. The zero-order valence-corrected chi connectivity index (χ0v) is 14.2. The van der Waals surface area contributed by atoms with Gasteiger partial charge in [0.1, 0.15) is 5.82 Å². The summed E-state index contributed by atoms with van der Waals surface area (Å²) in [4.78, 5) is 17.4. The second-order valence-electron chi connectivity index (χ2n) is 6.16. The lowest BCUT2D eigenvalue weighted by atomic mass is 9.90. The van der Waals surface area contributed by atoms with Gasteiger partial charge in [0.25, 0.3) is 5.91 Å². The van der Waals surface area contributed by atoms with Gasteiger partial charge in [0.15, 0.2) is 4.80 Å². The SMILES string of the molecule is Cn1c(=NC(=O)c2ccc3c(c2)CCCC3)sc2cc(F)ccc21. The highest BCUT2D eigenvalue weighted by Crippen LogP contribution is 2.23. The summed E-state index contributed by atoms with van der Waals surface area (Å²) in [6.07, 6.45) is 4.53. The fourth-order valence-corrected chi connectivity index (χ4v) is 4.27. The van der Waals surface area contributed by atoms with Crippen molar-refractivity contribution in [3.63, 3.8) is 0 Å². The first-order valence-electron chi connectivity index (χ1n) is 8.08. The molecule has 122 valence electrons. The molecule has 2 aromatic carbocycles. The van der Waals surface area contributed by atoms with Crippen LogP contribution in [0.2, 0.25) is 0 Å². The van der Waals surface area contributed by atoms with Gasteiger partial charge in [0, 0.05) is 12.6 Å². The lowest BCUT2D eigenvalue weighted by molar-refractivity contribution is 0.0998. The molecule has 0 saturated heterocycles. The fraction of sp³-hybridized carbons (Fsp3) is 0.263. The summed E-state index contributed by atoms with van der Waals surface area (Å²) in [6.45, 7) is 0. The molecule has 0 unspecified atom stereocenters. The van der Waals surface area contributed by atoms with Crippen molar-refractivity contribution in [2.24, 2.45) is 12.0 Å². The number of hydrogen-bond donors (Lipinski definition) is 0. The van der Waals surface area contributed by atoms with E-state index in [4.69, 9.17) is 0 Å². The molecule has 0 atom stereocenters. The van der Waals surface area contributed by atoms with Crippen LogP contribution in [0.3, 0.4) is 0 Å². The number of benzene rings is 2. The van der Waals surface area contributed by atoms with Crippen LogP contribution in [0.1, 0.15) is 34.3 Å². The Labute approximate surface area is 143 Å². The van der Waals surface area contributed by atoms with Gasteiger partial charge in [-0.25, -0.2) is 4.39 Å². The van der Waals surface area contributed by atoms with Gasteiger partial charge in [-0.3, -0.25) is 4.79 Å². The molecule has 4 rings (SSSR count). The highest BCUT2D eigenvalue weighted by Gasteiger charge is 2.13. The molecular formula is C19H17FN2OS. The largest absolute Gasteiger partial charge is 0.319 e. The van der Waals surface area contributed by atoms with E-state index in [1.807, 2.05) is 23.7 Å². The van der Waals surface area contributed by atoms with Gasteiger partial charge < -0.3 is 4.57 Å². The zero-order valence-electron chi connectivity index (χ0n) is 13.4. The van der Waals surface area contributed by atoms with Gasteiger partial charge in [-0.2, -0.15) is 4.99 Å². The zero-order chi connectivity index (χ0) is 16.7. The van der Waals surface area contributed by atoms with Crippen LogP contribution < -0.4 is 4.80 Å². The molecule has 0 aliphatic heterocycles. The second-order valence-corrected chi connectivity index (χ2v) is 7.17. The number of rotatable bonds is 1. The van der Waals surface area contributed by atoms with E-state index in [9.17, 15) is 9.18 Å². The summed E-state index contributed by atoms with van der Waals surface area (Å²) >= 11 is 1.33.